The molecule has 1 saturated heterocycles. The van der Waals surface area contributed by atoms with Gasteiger partial charge in [-0.2, -0.15) is 0 Å². The van der Waals surface area contributed by atoms with Crippen molar-refractivity contribution < 1.29 is 14.6 Å². The van der Waals surface area contributed by atoms with Crippen molar-refractivity contribution in [1.29, 1.82) is 0 Å². The van der Waals surface area contributed by atoms with Gasteiger partial charge in [0.2, 0.25) is 0 Å². The number of carboxylic acid groups (broad SMARTS) is 1. The Morgan fingerprint density at radius 1 is 1.50 bits per heavy atom. The van der Waals surface area contributed by atoms with E-state index in [1.54, 1.807) is 0 Å². The van der Waals surface area contributed by atoms with Crippen molar-refractivity contribution in [2.75, 3.05) is 6.61 Å². The third-order valence-electron chi connectivity index (χ3n) is 3.93. The number of carboxylic acids is 1. The van der Waals surface area contributed by atoms with Crippen LogP contribution in [-0.2, 0) is 9.53 Å². The molecule has 0 aromatic rings. The molecule has 2 rings (SSSR count). The molecular formula is C11H18O3. The van der Waals surface area contributed by atoms with E-state index < -0.39 is 5.97 Å². The number of carbonyl (C=O) groups is 1. The molecule has 80 valence electrons. The molecule has 0 bridgehead atoms. The lowest BCUT2D eigenvalue weighted by Gasteiger charge is -2.40. The topological polar surface area (TPSA) is 46.5 Å². The Morgan fingerprint density at radius 2 is 2.29 bits per heavy atom. The highest BCUT2D eigenvalue weighted by Gasteiger charge is 2.46. The Balaban J connectivity index is 2.09. The zero-order valence-corrected chi connectivity index (χ0v) is 8.66. The number of hydrogen-bond donors (Lipinski definition) is 1. The second-order valence-corrected chi connectivity index (χ2v) is 4.73. The molecule has 1 spiro atoms. The molecule has 3 unspecified atom stereocenters. The maximum atomic E-state index is 10.9. The van der Waals surface area contributed by atoms with Crippen molar-refractivity contribution in [3.05, 3.63) is 0 Å². The number of ether oxygens (including phenoxy) is 1. The lowest BCUT2D eigenvalue weighted by atomic mass is 9.80. The normalized spacial score (nSPS) is 42.9. The van der Waals surface area contributed by atoms with E-state index in [0.29, 0.717) is 18.9 Å². The highest BCUT2D eigenvalue weighted by Crippen LogP contribution is 2.45. The molecule has 0 amide bonds. The van der Waals surface area contributed by atoms with Gasteiger partial charge in [0, 0.05) is 6.61 Å². The minimum Gasteiger partial charge on any atom is -0.481 e. The summed E-state index contributed by atoms with van der Waals surface area (Å²) in [7, 11) is 0. The lowest BCUT2D eigenvalue weighted by Crippen LogP contribution is -2.43. The van der Waals surface area contributed by atoms with Crippen molar-refractivity contribution >= 4 is 5.97 Å². The fourth-order valence-corrected chi connectivity index (χ4v) is 2.93. The van der Waals surface area contributed by atoms with Crippen LogP contribution in [0.2, 0.25) is 0 Å². The predicted molar refractivity (Wildman–Crippen MR) is 52.1 cm³/mol. The summed E-state index contributed by atoms with van der Waals surface area (Å²) in [4.78, 5) is 10.9. The Labute approximate surface area is 84.4 Å². The largest absolute Gasteiger partial charge is 0.481 e. The summed E-state index contributed by atoms with van der Waals surface area (Å²) in [5, 5.41) is 9.01. The number of aliphatic carboxylic acids is 1. The molecule has 1 heterocycles. The Bertz CT molecular complexity index is 239. The summed E-state index contributed by atoms with van der Waals surface area (Å²) in [5.74, 6) is -0.291. The fourth-order valence-electron chi connectivity index (χ4n) is 2.93. The maximum absolute atomic E-state index is 10.9. The molecule has 1 aliphatic carbocycles. The van der Waals surface area contributed by atoms with Crippen molar-refractivity contribution in [2.24, 2.45) is 11.8 Å². The first-order chi connectivity index (χ1) is 6.64. The minimum atomic E-state index is -0.647. The molecule has 0 radical (unpaired) electrons. The van der Waals surface area contributed by atoms with Gasteiger partial charge >= 0.3 is 5.97 Å². The zero-order chi connectivity index (χ0) is 10.2. The maximum Gasteiger partial charge on any atom is 0.306 e. The van der Waals surface area contributed by atoms with Crippen LogP contribution in [0.15, 0.2) is 0 Å². The molecule has 2 aliphatic rings. The van der Waals surface area contributed by atoms with E-state index >= 15 is 0 Å². The van der Waals surface area contributed by atoms with Gasteiger partial charge < -0.3 is 9.84 Å². The number of rotatable bonds is 1. The third kappa shape index (κ3) is 1.54. The Hall–Kier alpha value is -0.570. The molecule has 14 heavy (non-hydrogen) atoms. The van der Waals surface area contributed by atoms with Crippen molar-refractivity contribution in [3.8, 4) is 0 Å². The summed E-state index contributed by atoms with van der Waals surface area (Å²) >= 11 is 0. The van der Waals surface area contributed by atoms with Crippen LogP contribution in [0.1, 0.15) is 39.0 Å². The monoisotopic (exact) mass is 198 g/mol. The molecule has 1 N–H and O–H groups in total. The molecule has 0 aromatic carbocycles. The average Bonchev–Trinajstić information content (AvgIpc) is 2.48. The lowest BCUT2D eigenvalue weighted by molar-refractivity contribution is -0.158. The van der Waals surface area contributed by atoms with Gasteiger partial charge in [0.1, 0.15) is 0 Å². The summed E-state index contributed by atoms with van der Waals surface area (Å²) in [5.41, 5.74) is -0.0959. The van der Waals surface area contributed by atoms with Crippen LogP contribution in [0.25, 0.3) is 0 Å². The second-order valence-electron chi connectivity index (χ2n) is 4.73. The van der Waals surface area contributed by atoms with Gasteiger partial charge in [-0.3, -0.25) is 4.79 Å². The first kappa shape index (κ1) is 9.97. The van der Waals surface area contributed by atoms with Gasteiger partial charge in [0.25, 0.3) is 0 Å². The van der Waals surface area contributed by atoms with Crippen LogP contribution in [0.5, 0.6) is 0 Å². The summed E-state index contributed by atoms with van der Waals surface area (Å²) in [6.45, 7) is 2.82. The van der Waals surface area contributed by atoms with E-state index in [2.05, 4.69) is 6.92 Å². The number of hydrogen-bond acceptors (Lipinski definition) is 2. The summed E-state index contributed by atoms with van der Waals surface area (Å²) in [6.07, 6.45) is 4.84. The fraction of sp³-hybridized carbons (Fsp3) is 0.909. The van der Waals surface area contributed by atoms with Crippen LogP contribution >= 0.6 is 0 Å². The minimum absolute atomic E-state index is 0.0959. The van der Waals surface area contributed by atoms with E-state index in [1.165, 1.54) is 12.8 Å². The van der Waals surface area contributed by atoms with Crippen molar-refractivity contribution in [1.82, 2.24) is 0 Å². The first-order valence-electron chi connectivity index (χ1n) is 5.51. The summed E-state index contributed by atoms with van der Waals surface area (Å²) < 4.78 is 5.86. The molecule has 2 fully saturated rings. The van der Waals surface area contributed by atoms with Gasteiger partial charge in [0.05, 0.1) is 11.5 Å². The first-order valence-corrected chi connectivity index (χ1v) is 5.51. The molecule has 0 aromatic heterocycles. The summed E-state index contributed by atoms with van der Waals surface area (Å²) in [6, 6.07) is 0. The second kappa shape index (κ2) is 3.54. The van der Waals surface area contributed by atoms with Gasteiger partial charge in [-0.15, -0.1) is 0 Å². The van der Waals surface area contributed by atoms with E-state index in [-0.39, 0.29) is 11.5 Å². The average molecular weight is 198 g/mol. The Kier molecular flexibility index (Phi) is 2.52. The van der Waals surface area contributed by atoms with Crippen LogP contribution in [-0.4, -0.2) is 23.3 Å². The highest BCUT2D eigenvalue weighted by molar-refractivity contribution is 5.70. The van der Waals surface area contributed by atoms with E-state index in [4.69, 9.17) is 9.84 Å². The van der Waals surface area contributed by atoms with Gasteiger partial charge in [0.15, 0.2) is 0 Å². The van der Waals surface area contributed by atoms with E-state index in [0.717, 1.165) is 12.8 Å². The van der Waals surface area contributed by atoms with Crippen LogP contribution in [0.4, 0.5) is 0 Å². The quantitative estimate of drug-likeness (QED) is 0.701. The highest BCUT2D eigenvalue weighted by atomic mass is 16.5. The standard InChI is InChI=1S/C11H18O3/c1-8-3-2-5-11(8)7-9(10(12)13)4-6-14-11/h8-9H,2-7H2,1H3,(H,12,13). The molecule has 1 aliphatic heterocycles. The molecule has 3 atom stereocenters. The van der Waals surface area contributed by atoms with E-state index in [1.807, 2.05) is 0 Å². The smallest absolute Gasteiger partial charge is 0.306 e. The predicted octanol–water partition coefficient (Wildman–Crippen LogP) is 2.06. The van der Waals surface area contributed by atoms with Crippen molar-refractivity contribution in [3.63, 3.8) is 0 Å². The molecule has 3 heteroatoms. The molecular weight excluding hydrogens is 180 g/mol. The third-order valence-corrected chi connectivity index (χ3v) is 3.93. The molecule has 1 saturated carbocycles. The van der Waals surface area contributed by atoms with Crippen LogP contribution < -0.4 is 0 Å². The molecule has 3 nitrogen and oxygen atoms in total. The van der Waals surface area contributed by atoms with Gasteiger partial charge in [-0.1, -0.05) is 13.3 Å². The van der Waals surface area contributed by atoms with E-state index in [9.17, 15) is 4.79 Å². The van der Waals surface area contributed by atoms with Crippen LogP contribution in [0, 0.1) is 11.8 Å². The van der Waals surface area contributed by atoms with Crippen molar-refractivity contribution in [2.45, 2.75) is 44.6 Å². The van der Waals surface area contributed by atoms with Gasteiger partial charge in [-0.25, -0.2) is 0 Å². The van der Waals surface area contributed by atoms with Crippen LogP contribution in [0.3, 0.4) is 0 Å². The van der Waals surface area contributed by atoms with Gasteiger partial charge in [-0.05, 0) is 31.6 Å². The Morgan fingerprint density at radius 3 is 2.86 bits per heavy atom. The zero-order valence-electron chi connectivity index (χ0n) is 8.66. The SMILES string of the molecule is CC1CCCC12CC(C(=O)O)CCO2.